The lowest BCUT2D eigenvalue weighted by molar-refractivity contribution is 2.50. The van der Waals surface area contributed by atoms with E-state index in [1.165, 1.54) is 0 Å². The zero-order valence-electron chi connectivity index (χ0n) is 2.91. The Kier molecular flexibility index (Phi) is 1120. The van der Waals surface area contributed by atoms with Crippen molar-refractivity contribution < 1.29 is 0 Å². The van der Waals surface area contributed by atoms with Crippen molar-refractivity contribution >= 4 is 18.9 Å². The molecule has 2 heteroatoms. The first-order valence-corrected chi connectivity index (χ1v) is 3.06. The summed E-state index contributed by atoms with van der Waals surface area (Å²) in [7, 11) is 2.70. The van der Waals surface area contributed by atoms with E-state index < -0.39 is 0 Å². The highest BCUT2D eigenvalue weighted by Gasteiger charge is 1.11. The van der Waals surface area contributed by atoms with Crippen molar-refractivity contribution in [3.8, 4) is 0 Å². The second kappa shape index (κ2) is 186. The van der Waals surface area contributed by atoms with Gasteiger partial charge in [0.25, 0.3) is 0 Å². The van der Waals surface area contributed by atoms with Crippen LogP contribution in [-0.2, 0) is 10.8 Å². The molecule has 0 aliphatic carbocycles. The topological polar surface area (TPSA) is 0 Å². The van der Waals surface area contributed by atoms with Gasteiger partial charge in [-0.2, -0.15) is 10.8 Å². The molecule has 0 aromatic heterocycles. The van der Waals surface area contributed by atoms with Crippen LogP contribution >= 0.6 is 8.02 Å². The van der Waals surface area contributed by atoms with Crippen LogP contribution in [0.1, 0.15) is 44.6 Å². The van der Waals surface area contributed by atoms with Crippen molar-refractivity contribution in [3.05, 3.63) is 0 Å². The largest absolute Gasteiger partial charge is 0.183 e. The Morgan fingerprint density at radius 2 is 1.00 bits per heavy atom. The number of rotatable bonds is 0. The van der Waals surface area contributed by atoms with Crippen LogP contribution in [0.2, 0.25) is 0 Å². The van der Waals surface area contributed by atoms with Crippen molar-refractivity contribution in [1.82, 2.24) is 0 Å². The predicted molar refractivity (Wildman–Crippen MR) is 63.4 cm³/mol. The fourth-order valence-corrected chi connectivity index (χ4v) is 0. The number of hydrogen-bond acceptors (Lipinski definition) is 0. The molecule has 0 radical (unpaired) electrons. The molecule has 0 rings (SSSR count). The van der Waals surface area contributed by atoms with Crippen LogP contribution in [0.15, 0.2) is 0 Å². The van der Waals surface area contributed by atoms with Gasteiger partial charge in [0.05, 0.1) is 0 Å². The summed E-state index contributed by atoms with van der Waals surface area (Å²) in [4.78, 5) is 0. The van der Waals surface area contributed by atoms with Crippen molar-refractivity contribution in [2.24, 2.45) is 0 Å². The molecular formula is C7H29PS. The fourth-order valence-electron chi connectivity index (χ4n) is 0. The lowest BCUT2D eigenvalue weighted by atomic mass is 12.0. The van der Waals surface area contributed by atoms with Crippen LogP contribution in [0.25, 0.3) is 0 Å². The molecule has 9 heavy (non-hydrogen) atoms. The van der Waals surface area contributed by atoms with E-state index in [0.717, 1.165) is 0 Å². The van der Waals surface area contributed by atoms with Gasteiger partial charge in [0, 0.05) is 0 Å². The fraction of sp³-hybridized carbons (Fsp3) is 1.00. The molecule has 0 heterocycles. The van der Waals surface area contributed by atoms with E-state index in [1.54, 1.807) is 6.26 Å². The first-order chi connectivity index (χ1) is 1.73. The summed E-state index contributed by atoms with van der Waals surface area (Å²) in [6.45, 7) is 0. The molecule has 0 N–H and O–H groups in total. The highest BCUT2D eigenvalue weighted by Crippen LogP contribution is 1.45. The standard InChI is InChI=1S/CH5PS.6CH4/c1-3-2;;;;;;/h2-3H,1H3;6*1H4/i3D;;;;;;. The third kappa shape index (κ3) is 905. The first-order valence-electron chi connectivity index (χ1n) is 1.02. The molecule has 0 aromatic rings. The molecule has 0 nitrogen and oxygen atoms in total. The SMILES string of the molecule is C.C.C.C.C.C.[2H]S(C)=P. The van der Waals surface area contributed by atoms with Crippen molar-refractivity contribution in [1.29, 1.82) is 1.12 Å². The lowest BCUT2D eigenvalue weighted by Gasteiger charge is -1.34. The van der Waals surface area contributed by atoms with Gasteiger partial charge in [-0.15, -0.1) is 0 Å². The molecule has 0 spiro atoms. The summed E-state index contributed by atoms with van der Waals surface area (Å²) in [5, 5.41) is 0. The molecule has 1 unspecified atom stereocenters. The van der Waals surface area contributed by atoms with Gasteiger partial charge >= 0.3 is 0 Å². The molecule has 0 amide bonds. The van der Waals surface area contributed by atoms with Crippen molar-refractivity contribution in [3.63, 3.8) is 0 Å². The maximum Gasteiger partial charge on any atom is 0.100 e. The van der Waals surface area contributed by atoms with Gasteiger partial charge in [-0.1, -0.05) is 52.6 Å². The Hall–Kier alpha value is 0.650. The normalized spacial score (nSPS) is 7.00. The van der Waals surface area contributed by atoms with Crippen LogP contribution in [0.4, 0.5) is 0 Å². The third-order valence-electron chi connectivity index (χ3n) is 0. The average Bonchev–Trinajstić information content (AvgIpc) is 0.811. The zero-order valence-corrected chi connectivity index (χ0v) is 3.72. The smallest absolute Gasteiger partial charge is 0.100 e. The molecule has 0 aliphatic heterocycles. The highest BCUT2D eigenvalue weighted by molar-refractivity contribution is 8.01. The number of hydrogen-bond donors (Lipinski definition) is 1. The highest BCUT2D eigenvalue weighted by atomic mass is 32.5. The second-order valence-corrected chi connectivity index (χ2v) is 1.84. The summed E-state index contributed by atoms with van der Waals surface area (Å²) in [6, 6.07) is 0. The second-order valence-electron chi connectivity index (χ2n) is 0.204. The van der Waals surface area contributed by atoms with Crippen LogP contribution in [0, 0.1) is 0 Å². The minimum Gasteiger partial charge on any atom is -0.183 e. The quantitative estimate of drug-likeness (QED) is 0.414. The summed E-state index contributed by atoms with van der Waals surface area (Å²) < 4.78 is 6.52. The summed E-state index contributed by atoms with van der Waals surface area (Å²) in [5.41, 5.74) is 0. The van der Waals surface area contributed by atoms with Gasteiger partial charge in [-0.3, -0.25) is 0 Å². The summed E-state index contributed by atoms with van der Waals surface area (Å²) >= 11 is 0. The Balaban J connectivity index is -0.00000000300. The molecule has 0 saturated carbocycles. The lowest BCUT2D eigenvalue weighted by Crippen LogP contribution is -1.22. The van der Waals surface area contributed by atoms with Crippen LogP contribution in [-0.4, -0.2) is 7.38 Å². The minimum absolute atomic E-state index is 0. The molecule has 0 aliphatic rings. The van der Waals surface area contributed by atoms with E-state index in [0.29, 0.717) is 0 Å². The molecule has 68 valence electrons. The first kappa shape index (κ1) is 54.2. The summed E-state index contributed by atoms with van der Waals surface area (Å²) in [6.07, 6.45) is 1.77. The van der Waals surface area contributed by atoms with Gasteiger partial charge in [0.15, 0.2) is 0 Å². The minimum atomic E-state index is -0.306. The van der Waals surface area contributed by atoms with Gasteiger partial charge in [0.2, 0.25) is 0 Å². The molecule has 0 bridgehead atoms. The molecule has 0 fully saturated rings. The average molecular weight is 177 g/mol. The Bertz CT molecular complexity index is 36.6. The van der Waals surface area contributed by atoms with E-state index in [-0.39, 0.29) is 55.4 Å². The molecule has 0 saturated heterocycles. The van der Waals surface area contributed by atoms with Crippen LogP contribution < -0.4 is 0 Å². The maximum absolute atomic E-state index is 6.52. The number of thiol groups is 1. The third-order valence-corrected chi connectivity index (χ3v) is 0. The summed E-state index contributed by atoms with van der Waals surface area (Å²) in [5.74, 6) is 0. The van der Waals surface area contributed by atoms with Gasteiger partial charge in [-0.25, -0.2) is 0 Å². The maximum atomic E-state index is 6.52. The van der Waals surface area contributed by atoms with Crippen molar-refractivity contribution in [2.75, 3.05) is 6.26 Å². The van der Waals surface area contributed by atoms with E-state index in [1.807, 2.05) is 0 Å². The van der Waals surface area contributed by atoms with Crippen LogP contribution in [0.5, 0.6) is 0 Å². The van der Waals surface area contributed by atoms with E-state index in [2.05, 4.69) is 8.02 Å². The van der Waals surface area contributed by atoms with Crippen LogP contribution in [0.3, 0.4) is 0 Å². The Morgan fingerprint density at radius 1 is 1.00 bits per heavy atom. The Labute approximate surface area is 71.4 Å². The monoisotopic (exact) mass is 177 g/mol. The molecule has 1 atom stereocenters. The van der Waals surface area contributed by atoms with Gasteiger partial charge in [0.1, 0.15) is 1.12 Å². The van der Waals surface area contributed by atoms with E-state index >= 15 is 0 Å². The Morgan fingerprint density at radius 3 is 1.00 bits per heavy atom. The van der Waals surface area contributed by atoms with E-state index in [4.69, 9.17) is 1.12 Å². The van der Waals surface area contributed by atoms with Crippen molar-refractivity contribution in [2.45, 2.75) is 44.6 Å². The predicted octanol–water partition coefficient (Wildman–Crippen LogP) is 4.31. The van der Waals surface area contributed by atoms with Gasteiger partial charge in [-0.05, 0) is 6.26 Å². The molecule has 0 aromatic carbocycles. The van der Waals surface area contributed by atoms with E-state index in [9.17, 15) is 0 Å². The van der Waals surface area contributed by atoms with Gasteiger partial charge < -0.3 is 0 Å². The zero-order chi connectivity index (χ0) is 3.58. The molecular weight excluding hydrogens is 147 g/mol.